The first-order valence-electron chi connectivity index (χ1n) is 8.06. The van der Waals surface area contributed by atoms with Crippen LogP contribution in [0, 0.1) is 5.82 Å². The Morgan fingerprint density at radius 2 is 1.92 bits per heavy atom. The van der Waals surface area contributed by atoms with Crippen LogP contribution in [0.15, 0.2) is 48.5 Å². The molecule has 2 rings (SSSR count). The van der Waals surface area contributed by atoms with E-state index in [1.165, 1.54) is 30.0 Å². The van der Waals surface area contributed by atoms with Crippen LogP contribution in [0.4, 0.5) is 10.1 Å². The maximum Gasteiger partial charge on any atom is 0.304 e. The molecule has 1 unspecified atom stereocenters. The fourth-order valence-corrected chi connectivity index (χ4v) is 3.19. The first kappa shape index (κ1) is 19.9. The van der Waals surface area contributed by atoms with Crippen LogP contribution in [-0.2, 0) is 15.3 Å². The number of rotatable bonds is 9. The van der Waals surface area contributed by atoms with E-state index in [-0.39, 0.29) is 18.7 Å². The van der Waals surface area contributed by atoms with Crippen LogP contribution >= 0.6 is 11.8 Å². The molecule has 1 atom stereocenters. The fourth-order valence-electron chi connectivity index (χ4n) is 2.31. The van der Waals surface area contributed by atoms with Crippen LogP contribution in [0.1, 0.15) is 30.1 Å². The summed E-state index contributed by atoms with van der Waals surface area (Å²) in [5.41, 5.74) is 1.91. The molecule has 138 valence electrons. The molecule has 26 heavy (non-hydrogen) atoms. The van der Waals surface area contributed by atoms with Crippen molar-refractivity contribution in [3.8, 4) is 0 Å². The number of aliphatic carboxylic acids is 1. The van der Waals surface area contributed by atoms with Crippen molar-refractivity contribution >= 4 is 29.3 Å². The van der Waals surface area contributed by atoms with Crippen molar-refractivity contribution in [3.63, 3.8) is 0 Å². The molecule has 5 nitrogen and oxygen atoms in total. The van der Waals surface area contributed by atoms with E-state index >= 15 is 0 Å². The molecule has 0 heterocycles. The van der Waals surface area contributed by atoms with E-state index in [2.05, 4.69) is 5.32 Å². The number of hydrogen-bond acceptors (Lipinski definition) is 4. The van der Waals surface area contributed by atoms with Crippen molar-refractivity contribution in [2.75, 3.05) is 11.1 Å². The molecule has 0 aliphatic rings. The van der Waals surface area contributed by atoms with Gasteiger partial charge in [-0.2, -0.15) is 11.8 Å². The highest BCUT2D eigenvalue weighted by Crippen LogP contribution is 2.20. The van der Waals surface area contributed by atoms with Gasteiger partial charge in [0.15, 0.2) is 0 Å². The number of anilines is 1. The van der Waals surface area contributed by atoms with E-state index in [9.17, 15) is 19.1 Å². The number of carbonyl (C=O) groups is 2. The van der Waals surface area contributed by atoms with Crippen molar-refractivity contribution in [1.29, 1.82) is 0 Å². The fraction of sp³-hybridized carbons (Fsp3) is 0.263. The number of nitrogens with one attached hydrogen (secondary N) is 1. The SMILES string of the molecule is O=C(O)CCSCc1cccc(NC(=O)CC(O)c2cccc(F)c2)c1. The van der Waals surface area contributed by atoms with Gasteiger partial charge in [-0.25, -0.2) is 4.39 Å². The monoisotopic (exact) mass is 377 g/mol. The number of halogens is 1. The second-order valence-corrected chi connectivity index (χ2v) is 6.82. The van der Waals surface area contributed by atoms with Crippen LogP contribution in [0.3, 0.4) is 0 Å². The minimum Gasteiger partial charge on any atom is -0.481 e. The number of aliphatic hydroxyl groups is 1. The highest BCUT2D eigenvalue weighted by Gasteiger charge is 2.14. The third kappa shape index (κ3) is 6.85. The second-order valence-electron chi connectivity index (χ2n) is 5.72. The van der Waals surface area contributed by atoms with E-state index in [1.54, 1.807) is 24.3 Å². The Bertz CT molecular complexity index is 769. The first-order valence-corrected chi connectivity index (χ1v) is 9.21. The number of carboxylic acid groups (broad SMARTS) is 1. The molecule has 0 fully saturated rings. The molecule has 2 aromatic rings. The van der Waals surface area contributed by atoms with Crippen molar-refractivity contribution < 1.29 is 24.2 Å². The summed E-state index contributed by atoms with van der Waals surface area (Å²) in [6.07, 6.45) is -1.15. The Labute approximate surface area is 155 Å². The average Bonchev–Trinajstić information content (AvgIpc) is 2.59. The van der Waals surface area contributed by atoms with Crippen molar-refractivity contribution in [2.45, 2.75) is 24.7 Å². The molecule has 0 aromatic heterocycles. The summed E-state index contributed by atoms with van der Waals surface area (Å²) in [4.78, 5) is 22.6. The van der Waals surface area contributed by atoms with Crippen molar-refractivity contribution in [2.24, 2.45) is 0 Å². The lowest BCUT2D eigenvalue weighted by Gasteiger charge is -2.12. The van der Waals surface area contributed by atoms with Crippen LogP contribution < -0.4 is 5.32 Å². The van der Waals surface area contributed by atoms with E-state index in [0.29, 0.717) is 22.8 Å². The quantitative estimate of drug-likeness (QED) is 0.581. The predicted molar refractivity (Wildman–Crippen MR) is 99.5 cm³/mol. The molecule has 2 aromatic carbocycles. The van der Waals surface area contributed by atoms with Crippen molar-refractivity contribution in [3.05, 3.63) is 65.5 Å². The molecule has 0 saturated heterocycles. The normalized spacial score (nSPS) is 11.8. The number of hydrogen-bond donors (Lipinski definition) is 3. The van der Waals surface area contributed by atoms with Gasteiger partial charge in [0.1, 0.15) is 5.82 Å². The first-order chi connectivity index (χ1) is 12.4. The van der Waals surface area contributed by atoms with Gasteiger partial charge in [0.25, 0.3) is 0 Å². The van der Waals surface area contributed by atoms with E-state index in [1.807, 2.05) is 6.07 Å². The molecule has 0 aliphatic carbocycles. The van der Waals surface area contributed by atoms with Gasteiger partial charge in [-0.15, -0.1) is 0 Å². The molecule has 1 amide bonds. The smallest absolute Gasteiger partial charge is 0.304 e. The van der Waals surface area contributed by atoms with Gasteiger partial charge in [-0.1, -0.05) is 24.3 Å². The van der Waals surface area contributed by atoms with Gasteiger partial charge in [-0.3, -0.25) is 9.59 Å². The van der Waals surface area contributed by atoms with Gasteiger partial charge < -0.3 is 15.5 Å². The van der Waals surface area contributed by atoms with E-state index in [4.69, 9.17) is 5.11 Å². The molecule has 0 radical (unpaired) electrons. The number of carboxylic acids is 1. The van der Waals surface area contributed by atoms with Gasteiger partial charge in [-0.05, 0) is 35.4 Å². The number of benzene rings is 2. The Balaban J connectivity index is 1.86. The highest BCUT2D eigenvalue weighted by molar-refractivity contribution is 7.98. The number of aliphatic hydroxyl groups excluding tert-OH is 1. The maximum absolute atomic E-state index is 13.2. The molecule has 0 saturated carbocycles. The van der Waals surface area contributed by atoms with E-state index < -0.39 is 17.9 Å². The van der Waals surface area contributed by atoms with Crippen LogP contribution in [-0.4, -0.2) is 27.8 Å². The van der Waals surface area contributed by atoms with Crippen LogP contribution in [0.5, 0.6) is 0 Å². The molecule has 3 N–H and O–H groups in total. The number of amides is 1. The lowest BCUT2D eigenvalue weighted by atomic mass is 10.1. The lowest BCUT2D eigenvalue weighted by Crippen LogP contribution is -2.15. The minimum absolute atomic E-state index is 0.110. The van der Waals surface area contributed by atoms with E-state index in [0.717, 1.165) is 5.56 Å². The van der Waals surface area contributed by atoms with Crippen LogP contribution in [0.25, 0.3) is 0 Å². The number of thioether (sulfide) groups is 1. The summed E-state index contributed by atoms with van der Waals surface area (Å²) in [7, 11) is 0. The third-order valence-electron chi connectivity index (χ3n) is 3.55. The average molecular weight is 377 g/mol. The minimum atomic E-state index is -1.08. The zero-order valence-electron chi connectivity index (χ0n) is 14.0. The van der Waals surface area contributed by atoms with Crippen LogP contribution in [0.2, 0.25) is 0 Å². The molecule has 0 bridgehead atoms. The molecule has 0 spiro atoms. The molecular weight excluding hydrogens is 357 g/mol. The summed E-state index contributed by atoms with van der Waals surface area (Å²) in [6, 6.07) is 12.8. The Morgan fingerprint density at radius 1 is 1.15 bits per heavy atom. The summed E-state index contributed by atoms with van der Waals surface area (Å²) in [5.74, 6) is -0.503. The lowest BCUT2D eigenvalue weighted by molar-refractivity contribution is -0.136. The Hall–Kier alpha value is -2.38. The molecule has 7 heteroatoms. The van der Waals surface area contributed by atoms with Gasteiger partial charge in [0.2, 0.25) is 5.91 Å². The Kier molecular flexibility index (Phi) is 7.62. The number of carbonyl (C=O) groups excluding carboxylic acids is 1. The largest absolute Gasteiger partial charge is 0.481 e. The van der Waals surface area contributed by atoms with Gasteiger partial charge >= 0.3 is 5.97 Å². The van der Waals surface area contributed by atoms with Crippen molar-refractivity contribution in [1.82, 2.24) is 0 Å². The summed E-state index contributed by atoms with van der Waals surface area (Å²) < 4.78 is 13.2. The zero-order valence-corrected chi connectivity index (χ0v) is 14.8. The van der Waals surface area contributed by atoms with Gasteiger partial charge in [0.05, 0.1) is 18.9 Å². The topological polar surface area (TPSA) is 86.6 Å². The molecular formula is C19H20FNO4S. The van der Waals surface area contributed by atoms with Gasteiger partial charge in [0, 0.05) is 17.2 Å². The second kappa shape index (κ2) is 9.94. The highest BCUT2D eigenvalue weighted by atomic mass is 32.2. The Morgan fingerprint density at radius 3 is 2.65 bits per heavy atom. The zero-order chi connectivity index (χ0) is 18.9. The third-order valence-corrected chi connectivity index (χ3v) is 4.58. The predicted octanol–water partition coefficient (Wildman–Crippen LogP) is 3.60. The summed E-state index contributed by atoms with van der Waals surface area (Å²) in [6.45, 7) is 0. The summed E-state index contributed by atoms with van der Waals surface area (Å²) >= 11 is 1.50. The maximum atomic E-state index is 13.2. The summed E-state index contributed by atoms with van der Waals surface area (Å²) in [5, 5.41) is 21.4. The standard InChI is InChI=1S/C19H20FNO4S/c20-15-5-2-4-14(10-15)17(22)11-18(23)21-16-6-1-3-13(9-16)12-26-8-7-19(24)25/h1-6,9-10,17,22H,7-8,11-12H2,(H,21,23)(H,24,25). The molecule has 0 aliphatic heterocycles.